The van der Waals surface area contributed by atoms with Crippen LogP contribution < -0.4 is 10.6 Å². The van der Waals surface area contributed by atoms with Crippen molar-refractivity contribution in [3.05, 3.63) is 28.8 Å². The molecule has 0 aliphatic heterocycles. The average molecular weight is 269 g/mol. The zero-order valence-corrected chi connectivity index (χ0v) is 11.8. The third kappa shape index (κ3) is 5.52. The van der Waals surface area contributed by atoms with Crippen molar-refractivity contribution in [3.63, 3.8) is 0 Å². The Morgan fingerprint density at radius 2 is 2.11 bits per heavy atom. The van der Waals surface area contributed by atoms with Gasteiger partial charge in [-0.05, 0) is 37.6 Å². The van der Waals surface area contributed by atoms with Crippen LogP contribution in [0, 0.1) is 6.92 Å². The normalized spacial score (nSPS) is 10.4. The first kappa shape index (κ1) is 15.0. The molecule has 0 unspecified atom stereocenters. The van der Waals surface area contributed by atoms with Gasteiger partial charge >= 0.3 is 0 Å². The van der Waals surface area contributed by atoms with Crippen LogP contribution in [0.1, 0.15) is 31.7 Å². The third-order valence-electron chi connectivity index (χ3n) is 2.72. The van der Waals surface area contributed by atoms with Crippen molar-refractivity contribution in [3.8, 4) is 0 Å². The molecule has 0 radical (unpaired) electrons. The first-order valence-corrected chi connectivity index (χ1v) is 6.78. The van der Waals surface area contributed by atoms with Crippen molar-refractivity contribution in [2.24, 2.45) is 0 Å². The van der Waals surface area contributed by atoms with Gasteiger partial charge in [-0.15, -0.1) is 0 Å². The lowest BCUT2D eigenvalue weighted by atomic mass is 10.2. The molecule has 3 nitrogen and oxygen atoms in total. The van der Waals surface area contributed by atoms with Crippen LogP contribution in [-0.2, 0) is 4.79 Å². The second-order valence-corrected chi connectivity index (χ2v) is 4.83. The zero-order chi connectivity index (χ0) is 13.4. The van der Waals surface area contributed by atoms with Crippen LogP contribution in [0.15, 0.2) is 18.2 Å². The van der Waals surface area contributed by atoms with E-state index in [0.29, 0.717) is 11.6 Å². The quantitative estimate of drug-likeness (QED) is 0.745. The summed E-state index contributed by atoms with van der Waals surface area (Å²) in [4.78, 5) is 11.7. The minimum absolute atomic E-state index is 0.0307. The predicted molar refractivity (Wildman–Crippen MR) is 77.2 cm³/mol. The summed E-state index contributed by atoms with van der Waals surface area (Å²) in [6, 6.07) is 5.48. The molecule has 0 saturated heterocycles. The van der Waals surface area contributed by atoms with E-state index >= 15 is 0 Å². The first-order valence-electron chi connectivity index (χ1n) is 6.40. The van der Waals surface area contributed by atoms with E-state index in [1.807, 2.05) is 19.1 Å². The van der Waals surface area contributed by atoms with Gasteiger partial charge in [0, 0.05) is 10.7 Å². The van der Waals surface area contributed by atoms with Crippen LogP contribution in [0.4, 0.5) is 5.69 Å². The molecule has 1 aromatic rings. The summed E-state index contributed by atoms with van der Waals surface area (Å²) >= 11 is 5.89. The Balaban J connectivity index is 2.33. The molecule has 100 valence electrons. The van der Waals surface area contributed by atoms with E-state index in [1.165, 1.54) is 12.8 Å². The monoisotopic (exact) mass is 268 g/mol. The summed E-state index contributed by atoms with van der Waals surface area (Å²) in [6.45, 7) is 5.33. The standard InChI is InChI=1S/C14H21ClN2O/c1-3-4-5-8-16-10-14(18)17-13-9-12(15)7-6-11(13)2/h6-7,9,16H,3-5,8,10H2,1-2H3,(H,17,18). The van der Waals surface area contributed by atoms with E-state index < -0.39 is 0 Å². The number of benzene rings is 1. The fraction of sp³-hybridized carbons (Fsp3) is 0.500. The maximum atomic E-state index is 11.7. The Morgan fingerprint density at radius 3 is 2.83 bits per heavy atom. The predicted octanol–water partition coefficient (Wildman–Crippen LogP) is 3.37. The van der Waals surface area contributed by atoms with Gasteiger partial charge < -0.3 is 10.6 Å². The van der Waals surface area contributed by atoms with Gasteiger partial charge in [0.1, 0.15) is 0 Å². The Hall–Kier alpha value is -1.06. The highest BCUT2D eigenvalue weighted by molar-refractivity contribution is 6.31. The highest BCUT2D eigenvalue weighted by Crippen LogP contribution is 2.19. The van der Waals surface area contributed by atoms with Gasteiger partial charge in [-0.1, -0.05) is 37.4 Å². The van der Waals surface area contributed by atoms with Crippen molar-refractivity contribution >= 4 is 23.2 Å². The molecule has 0 aliphatic carbocycles. The second-order valence-electron chi connectivity index (χ2n) is 4.39. The SMILES string of the molecule is CCCCCNCC(=O)Nc1cc(Cl)ccc1C. The molecule has 0 saturated carbocycles. The van der Waals surface area contributed by atoms with E-state index in [9.17, 15) is 4.79 Å². The number of halogens is 1. The maximum absolute atomic E-state index is 11.7. The molecular weight excluding hydrogens is 248 g/mol. The van der Waals surface area contributed by atoms with Gasteiger partial charge in [-0.3, -0.25) is 4.79 Å². The van der Waals surface area contributed by atoms with Crippen LogP contribution in [0.3, 0.4) is 0 Å². The summed E-state index contributed by atoms with van der Waals surface area (Å²) < 4.78 is 0. The summed E-state index contributed by atoms with van der Waals surface area (Å²) in [7, 11) is 0. The van der Waals surface area contributed by atoms with Crippen LogP contribution in [0.25, 0.3) is 0 Å². The van der Waals surface area contributed by atoms with Gasteiger partial charge in [-0.25, -0.2) is 0 Å². The number of rotatable bonds is 7. The Kier molecular flexibility index (Phi) is 6.76. The highest BCUT2D eigenvalue weighted by Gasteiger charge is 2.04. The Labute approximate surface area is 114 Å². The first-order chi connectivity index (χ1) is 8.63. The second kappa shape index (κ2) is 8.11. The molecule has 0 bridgehead atoms. The van der Waals surface area contributed by atoms with Crippen molar-refractivity contribution in [2.45, 2.75) is 33.1 Å². The molecule has 0 heterocycles. The van der Waals surface area contributed by atoms with E-state index in [1.54, 1.807) is 6.07 Å². The molecule has 2 N–H and O–H groups in total. The Morgan fingerprint density at radius 1 is 1.33 bits per heavy atom. The number of carbonyl (C=O) groups is 1. The smallest absolute Gasteiger partial charge is 0.238 e. The van der Waals surface area contributed by atoms with Crippen LogP contribution in [0.5, 0.6) is 0 Å². The fourth-order valence-corrected chi connectivity index (χ4v) is 1.80. The minimum Gasteiger partial charge on any atom is -0.325 e. The number of hydrogen-bond donors (Lipinski definition) is 2. The van der Waals surface area contributed by atoms with Gasteiger partial charge in [0.15, 0.2) is 0 Å². The molecule has 0 aliphatic rings. The topological polar surface area (TPSA) is 41.1 Å². The number of carbonyl (C=O) groups excluding carboxylic acids is 1. The summed E-state index contributed by atoms with van der Waals surface area (Å²) in [6.07, 6.45) is 3.50. The number of anilines is 1. The molecule has 1 aromatic carbocycles. The van der Waals surface area contributed by atoms with Crippen LogP contribution in [-0.4, -0.2) is 19.0 Å². The number of aryl methyl sites for hydroxylation is 1. The van der Waals surface area contributed by atoms with Crippen LogP contribution in [0.2, 0.25) is 5.02 Å². The molecule has 0 atom stereocenters. The van der Waals surface area contributed by atoms with E-state index in [2.05, 4.69) is 17.6 Å². The molecular formula is C14H21ClN2O. The van der Waals surface area contributed by atoms with Crippen molar-refractivity contribution in [1.29, 1.82) is 0 Å². The van der Waals surface area contributed by atoms with Gasteiger partial charge in [0.25, 0.3) is 0 Å². The zero-order valence-electron chi connectivity index (χ0n) is 11.1. The van der Waals surface area contributed by atoms with E-state index in [0.717, 1.165) is 24.2 Å². The molecule has 4 heteroatoms. The summed E-state index contributed by atoms with van der Waals surface area (Å²) in [5.74, 6) is -0.0307. The van der Waals surface area contributed by atoms with Gasteiger partial charge in [0.2, 0.25) is 5.91 Å². The number of unbranched alkanes of at least 4 members (excludes halogenated alkanes) is 2. The minimum atomic E-state index is -0.0307. The summed E-state index contributed by atoms with van der Waals surface area (Å²) in [5, 5.41) is 6.62. The van der Waals surface area contributed by atoms with Crippen molar-refractivity contribution in [2.75, 3.05) is 18.4 Å². The van der Waals surface area contributed by atoms with E-state index in [4.69, 9.17) is 11.6 Å². The fourth-order valence-electron chi connectivity index (χ4n) is 1.63. The van der Waals surface area contributed by atoms with Gasteiger partial charge in [-0.2, -0.15) is 0 Å². The maximum Gasteiger partial charge on any atom is 0.238 e. The Bertz CT molecular complexity index is 393. The van der Waals surface area contributed by atoms with Crippen molar-refractivity contribution < 1.29 is 4.79 Å². The number of hydrogen-bond acceptors (Lipinski definition) is 2. The molecule has 0 aromatic heterocycles. The molecule has 0 spiro atoms. The molecule has 18 heavy (non-hydrogen) atoms. The van der Waals surface area contributed by atoms with E-state index in [-0.39, 0.29) is 5.91 Å². The number of nitrogens with one attached hydrogen (secondary N) is 2. The molecule has 0 fully saturated rings. The highest BCUT2D eigenvalue weighted by atomic mass is 35.5. The molecule has 1 amide bonds. The lowest BCUT2D eigenvalue weighted by Gasteiger charge is -2.09. The lowest BCUT2D eigenvalue weighted by Crippen LogP contribution is -2.28. The van der Waals surface area contributed by atoms with Gasteiger partial charge in [0.05, 0.1) is 6.54 Å². The largest absolute Gasteiger partial charge is 0.325 e. The lowest BCUT2D eigenvalue weighted by molar-refractivity contribution is -0.115. The third-order valence-corrected chi connectivity index (χ3v) is 2.95. The number of amides is 1. The van der Waals surface area contributed by atoms with Crippen LogP contribution >= 0.6 is 11.6 Å². The van der Waals surface area contributed by atoms with Crippen molar-refractivity contribution in [1.82, 2.24) is 5.32 Å². The molecule has 1 rings (SSSR count). The summed E-state index contributed by atoms with van der Waals surface area (Å²) in [5.41, 5.74) is 1.79. The average Bonchev–Trinajstić information content (AvgIpc) is 2.33.